The number of aliphatic hydroxyl groups excluding tert-OH is 1. The van der Waals surface area contributed by atoms with E-state index in [1.807, 2.05) is 0 Å². The molecule has 2 aliphatic heterocycles. The maximum atomic E-state index is 14.1. The Morgan fingerprint density at radius 1 is 1.42 bits per heavy atom. The number of hydrogen-bond acceptors (Lipinski definition) is 8. The highest BCUT2D eigenvalue weighted by molar-refractivity contribution is 7.11. The average Bonchev–Trinajstić information content (AvgIpc) is 3.40. The number of rotatable bonds is 6. The fourth-order valence-corrected chi connectivity index (χ4v) is 5.10. The number of ether oxygens (including phenoxy) is 1. The normalized spacial score (nSPS) is 22.8. The second-order valence-electron chi connectivity index (χ2n) is 7.69. The molecule has 0 aliphatic carbocycles. The predicted molar refractivity (Wildman–Crippen MR) is 122 cm³/mol. The Morgan fingerprint density at radius 3 is 2.85 bits per heavy atom. The van der Waals surface area contributed by atoms with E-state index >= 15 is 0 Å². The summed E-state index contributed by atoms with van der Waals surface area (Å²) in [6, 6.07) is 3.18. The number of nitrogens with zero attached hydrogens (tertiary/aromatic N) is 3. The van der Waals surface area contributed by atoms with Gasteiger partial charge in [-0.3, -0.25) is 9.89 Å². The van der Waals surface area contributed by atoms with Crippen molar-refractivity contribution in [3.05, 3.63) is 61.7 Å². The highest BCUT2D eigenvalue weighted by atomic mass is 35.5. The molecule has 2 N–H and O–H groups in total. The number of likely N-dealkylation sites (tertiary alicyclic amines) is 1. The van der Waals surface area contributed by atoms with Gasteiger partial charge in [0, 0.05) is 51.9 Å². The van der Waals surface area contributed by atoms with Gasteiger partial charge in [0.25, 0.3) is 5.92 Å². The van der Waals surface area contributed by atoms with Gasteiger partial charge in [-0.25, -0.2) is 18.6 Å². The smallest absolute Gasteiger partial charge is 0.338 e. The first-order chi connectivity index (χ1) is 15.7. The fraction of sp³-hybridized carbons (Fsp3) is 0.381. The van der Waals surface area contributed by atoms with Gasteiger partial charge in [0.05, 0.1) is 25.8 Å². The molecule has 33 heavy (non-hydrogen) atoms. The van der Waals surface area contributed by atoms with Gasteiger partial charge in [-0.05, 0) is 12.1 Å². The fourth-order valence-electron chi connectivity index (χ4n) is 4.00. The van der Waals surface area contributed by atoms with Gasteiger partial charge < -0.3 is 15.2 Å². The number of aliphatic imine (C=N–C) groups is 1. The number of carbonyl (C=O) groups excluding carboxylic acids is 1. The van der Waals surface area contributed by atoms with Crippen LogP contribution >= 0.6 is 34.5 Å². The molecule has 2 aromatic rings. The molecular weight excluding hydrogens is 497 g/mol. The minimum Gasteiger partial charge on any atom is -0.466 e. The Kier molecular flexibility index (Phi) is 7.01. The molecule has 7 nitrogen and oxygen atoms in total. The maximum Gasteiger partial charge on any atom is 0.338 e. The molecule has 2 aliphatic rings. The van der Waals surface area contributed by atoms with Crippen LogP contribution in [0.25, 0.3) is 0 Å². The molecule has 0 bridgehead atoms. The van der Waals surface area contributed by atoms with Crippen LogP contribution in [0.3, 0.4) is 0 Å². The summed E-state index contributed by atoms with van der Waals surface area (Å²) in [5.74, 6) is -3.25. The van der Waals surface area contributed by atoms with Crippen molar-refractivity contribution in [3.8, 4) is 0 Å². The average molecular weight is 517 g/mol. The number of aromatic nitrogens is 1. The van der Waals surface area contributed by atoms with Crippen molar-refractivity contribution in [2.24, 2.45) is 4.99 Å². The second kappa shape index (κ2) is 9.63. The van der Waals surface area contributed by atoms with Crippen LogP contribution in [-0.4, -0.2) is 65.6 Å². The van der Waals surface area contributed by atoms with Crippen LogP contribution in [0.5, 0.6) is 0 Å². The van der Waals surface area contributed by atoms with Crippen LogP contribution in [0.1, 0.15) is 23.0 Å². The van der Waals surface area contributed by atoms with Crippen LogP contribution in [0.15, 0.2) is 46.0 Å². The minimum atomic E-state index is -2.95. The molecule has 176 valence electrons. The molecule has 0 unspecified atom stereocenters. The SMILES string of the molecule is COC(=O)C1=C(CN2CC(F)(F)C[C@H]2CO)NC(c2nccs2)=N[C@H]1c1ccc(Cl)cc1Cl. The monoisotopic (exact) mass is 516 g/mol. The van der Waals surface area contributed by atoms with E-state index in [1.54, 1.807) is 23.7 Å². The highest BCUT2D eigenvalue weighted by Crippen LogP contribution is 2.39. The lowest BCUT2D eigenvalue weighted by atomic mass is 9.95. The van der Waals surface area contributed by atoms with Crippen LogP contribution in [0.4, 0.5) is 8.78 Å². The van der Waals surface area contributed by atoms with Crippen molar-refractivity contribution in [2.75, 3.05) is 26.8 Å². The van der Waals surface area contributed by atoms with E-state index < -0.39 is 43.5 Å². The number of amidine groups is 1. The molecule has 2 atom stereocenters. The summed E-state index contributed by atoms with van der Waals surface area (Å²) in [4.78, 5) is 23.3. The lowest BCUT2D eigenvalue weighted by Gasteiger charge is -2.31. The topological polar surface area (TPSA) is 87.0 Å². The van der Waals surface area contributed by atoms with Crippen molar-refractivity contribution >= 4 is 46.3 Å². The predicted octanol–water partition coefficient (Wildman–Crippen LogP) is 3.67. The van der Waals surface area contributed by atoms with Crippen molar-refractivity contribution < 1.29 is 23.4 Å². The summed E-state index contributed by atoms with van der Waals surface area (Å²) in [6.45, 7) is -1.04. The molecule has 0 radical (unpaired) electrons. The zero-order chi connectivity index (χ0) is 23.8. The molecule has 12 heteroatoms. The number of alkyl halides is 2. The summed E-state index contributed by atoms with van der Waals surface area (Å²) in [5, 5.41) is 15.8. The molecule has 1 fully saturated rings. The van der Waals surface area contributed by atoms with E-state index in [0.29, 0.717) is 32.1 Å². The second-order valence-corrected chi connectivity index (χ2v) is 9.43. The molecule has 1 aromatic carbocycles. The third-order valence-corrected chi connectivity index (χ3v) is 6.82. The Bertz CT molecular complexity index is 1110. The number of aliphatic hydroxyl groups is 1. The Balaban J connectivity index is 1.82. The van der Waals surface area contributed by atoms with Gasteiger partial charge >= 0.3 is 5.97 Å². The van der Waals surface area contributed by atoms with Crippen molar-refractivity contribution in [1.82, 2.24) is 15.2 Å². The van der Waals surface area contributed by atoms with Gasteiger partial charge in [0.15, 0.2) is 10.8 Å². The van der Waals surface area contributed by atoms with Crippen LogP contribution in [-0.2, 0) is 9.53 Å². The van der Waals surface area contributed by atoms with Gasteiger partial charge in [0.1, 0.15) is 6.04 Å². The highest BCUT2D eigenvalue weighted by Gasteiger charge is 2.45. The minimum absolute atomic E-state index is 0.0582. The van der Waals surface area contributed by atoms with Gasteiger partial charge in [0.2, 0.25) is 0 Å². The molecule has 1 saturated heterocycles. The number of nitrogens with one attached hydrogen (secondary N) is 1. The number of methoxy groups -OCH3 is 1. The molecule has 0 spiro atoms. The summed E-state index contributed by atoms with van der Waals surface area (Å²) in [6.07, 6.45) is 1.14. The Labute approximate surface area is 202 Å². The maximum absolute atomic E-state index is 14.1. The number of thiazole rings is 1. The van der Waals surface area contributed by atoms with Gasteiger partial charge in [-0.15, -0.1) is 11.3 Å². The largest absolute Gasteiger partial charge is 0.466 e. The number of halogens is 4. The number of benzene rings is 1. The first-order valence-electron chi connectivity index (χ1n) is 9.96. The van der Waals surface area contributed by atoms with E-state index in [1.165, 1.54) is 29.4 Å². The molecule has 4 rings (SSSR count). The van der Waals surface area contributed by atoms with E-state index in [0.717, 1.165) is 0 Å². The van der Waals surface area contributed by atoms with Crippen LogP contribution in [0.2, 0.25) is 10.0 Å². The zero-order valence-corrected chi connectivity index (χ0v) is 19.7. The lowest BCUT2D eigenvalue weighted by Crippen LogP contribution is -2.42. The zero-order valence-electron chi connectivity index (χ0n) is 17.4. The number of hydrogen-bond donors (Lipinski definition) is 2. The molecule has 0 saturated carbocycles. The molecule has 1 aromatic heterocycles. The first kappa shape index (κ1) is 24.0. The molecule has 3 heterocycles. The molecule has 0 amide bonds. The Hall–Kier alpha value is -2.11. The summed E-state index contributed by atoms with van der Waals surface area (Å²) >= 11 is 13.8. The van der Waals surface area contributed by atoms with E-state index in [9.17, 15) is 18.7 Å². The third kappa shape index (κ3) is 5.04. The summed E-state index contributed by atoms with van der Waals surface area (Å²) in [7, 11) is 1.23. The van der Waals surface area contributed by atoms with Gasteiger partial charge in [-0.2, -0.15) is 0 Å². The van der Waals surface area contributed by atoms with E-state index in [-0.39, 0.29) is 12.1 Å². The quantitative estimate of drug-likeness (QED) is 0.569. The van der Waals surface area contributed by atoms with Gasteiger partial charge in [-0.1, -0.05) is 29.3 Å². The third-order valence-electron chi connectivity index (χ3n) is 5.48. The first-order valence-corrected chi connectivity index (χ1v) is 11.6. The molecular formula is C21H20Cl2F2N4O3S. The standard InChI is InChI=1S/C21H20Cl2F2N4O3S/c1-32-20(31)16-15(8-29-10-21(24,25)7-12(29)9-30)27-18(19-26-4-5-33-19)28-17(16)13-3-2-11(22)6-14(13)23/h2-6,12,17,30H,7-10H2,1H3,(H,27,28)/t12-,17-/m0/s1. The van der Waals surface area contributed by atoms with Crippen molar-refractivity contribution in [1.29, 1.82) is 0 Å². The Morgan fingerprint density at radius 2 is 2.21 bits per heavy atom. The lowest BCUT2D eigenvalue weighted by molar-refractivity contribution is -0.136. The van der Waals surface area contributed by atoms with Crippen LogP contribution in [0, 0.1) is 0 Å². The summed E-state index contributed by atoms with van der Waals surface area (Å²) in [5.41, 5.74) is 0.961. The van der Waals surface area contributed by atoms with Crippen LogP contribution < -0.4 is 5.32 Å². The number of carbonyl (C=O) groups is 1. The van der Waals surface area contributed by atoms with E-state index in [4.69, 9.17) is 27.9 Å². The van der Waals surface area contributed by atoms with Crippen molar-refractivity contribution in [3.63, 3.8) is 0 Å². The number of esters is 1. The van der Waals surface area contributed by atoms with Crippen molar-refractivity contribution in [2.45, 2.75) is 24.4 Å². The summed E-state index contributed by atoms with van der Waals surface area (Å²) < 4.78 is 33.2. The van der Waals surface area contributed by atoms with E-state index in [2.05, 4.69) is 15.3 Å².